The predicted octanol–water partition coefficient (Wildman–Crippen LogP) is 6.41. The molecule has 0 unspecified atom stereocenters. The Balaban J connectivity index is 1.90. The minimum atomic E-state index is -2.62. The van der Waals surface area contributed by atoms with Crippen LogP contribution < -0.4 is 21.2 Å². The molecule has 0 saturated heterocycles. The first-order valence-electron chi connectivity index (χ1n) is 10.8. The van der Waals surface area contributed by atoms with E-state index in [2.05, 4.69) is 41.7 Å². The van der Waals surface area contributed by atoms with Gasteiger partial charge in [0.25, 0.3) is 5.91 Å². The number of carbonyl (C=O) groups is 1. The van der Waals surface area contributed by atoms with E-state index in [0.717, 1.165) is 21.5 Å². The molecule has 168 valence electrons. The molecule has 0 aliphatic carbocycles. The number of hydrogen-bond donors (Lipinski definition) is 1. The fraction of sp³-hybridized carbons (Fsp3) is 0. The van der Waals surface area contributed by atoms with Gasteiger partial charge in [-0.3, -0.25) is 10.1 Å². The van der Waals surface area contributed by atoms with Crippen molar-refractivity contribution in [2.45, 2.75) is 0 Å². The lowest BCUT2D eigenvalue weighted by Gasteiger charge is -2.29. The molecule has 0 fully saturated rings. The summed E-state index contributed by atoms with van der Waals surface area (Å²) in [6.07, 6.45) is 3.27. The summed E-state index contributed by atoms with van der Waals surface area (Å²) in [5.41, 5.74) is 1.43. The standard InChI is InChI=1S/C29H22Cl2NOP/c30-28(31)29(32-27(33)22-21-23-13-5-1-6-14-23)34(24-15-7-2-8-16-24,25-17-9-3-10-18-25)26-19-11-4-12-20-26/h1-22H/p+1/b22-21-. The van der Waals surface area contributed by atoms with Gasteiger partial charge in [0.1, 0.15) is 15.9 Å². The van der Waals surface area contributed by atoms with E-state index >= 15 is 0 Å². The zero-order valence-corrected chi connectivity index (χ0v) is 20.7. The molecule has 0 aliphatic heterocycles. The second-order valence-electron chi connectivity index (χ2n) is 7.52. The minimum absolute atomic E-state index is 0.0337. The highest BCUT2D eigenvalue weighted by Gasteiger charge is 2.52. The lowest BCUT2D eigenvalue weighted by molar-refractivity contribution is -0.115. The van der Waals surface area contributed by atoms with Crippen LogP contribution in [-0.2, 0) is 4.79 Å². The van der Waals surface area contributed by atoms with Crippen LogP contribution in [0.4, 0.5) is 0 Å². The molecule has 2 nitrogen and oxygen atoms in total. The summed E-state index contributed by atoms with van der Waals surface area (Å²) < 4.78 is 0.0337. The molecule has 0 saturated carbocycles. The van der Waals surface area contributed by atoms with Crippen molar-refractivity contribution >= 4 is 58.4 Å². The molecule has 4 aromatic carbocycles. The highest BCUT2D eigenvalue weighted by molar-refractivity contribution is 7.99. The van der Waals surface area contributed by atoms with E-state index in [1.54, 1.807) is 6.08 Å². The lowest BCUT2D eigenvalue weighted by Crippen LogP contribution is -2.38. The minimum Gasteiger partial charge on any atom is -0.290 e. The molecule has 5 heteroatoms. The molecule has 1 amide bonds. The zero-order valence-electron chi connectivity index (χ0n) is 18.3. The first-order chi connectivity index (χ1) is 16.6. The summed E-state index contributed by atoms with van der Waals surface area (Å²) in [5, 5.41) is 6.17. The van der Waals surface area contributed by atoms with E-state index < -0.39 is 7.26 Å². The molecular formula is C29H23Cl2NOP+. The molecular weight excluding hydrogens is 480 g/mol. The van der Waals surface area contributed by atoms with Gasteiger partial charge in [-0.05, 0) is 48.0 Å². The van der Waals surface area contributed by atoms with Gasteiger partial charge in [-0.2, -0.15) is 0 Å². The Morgan fingerprint density at radius 1 is 0.618 bits per heavy atom. The van der Waals surface area contributed by atoms with Crippen molar-refractivity contribution in [1.82, 2.24) is 5.32 Å². The van der Waals surface area contributed by atoms with Crippen LogP contribution in [-0.4, -0.2) is 5.91 Å². The van der Waals surface area contributed by atoms with E-state index in [4.69, 9.17) is 23.2 Å². The second kappa shape index (κ2) is 11.3. The molecule has 0 radical (unpaired) electrons. The number of rotatable bonds is 7. The molecule has 0 heterocycles. The van der Waals surface area contributed by atoms with Crippen molar-refractivity contribution in [3.63, 3.8) is 0 Å². The van der Waals surface area contributed by atoms with Gasteiger partial charge in [0, 0.05) is 6.08 Å². The average molecular weight is 503 g/mol. The van der Waals surface area contributed by atoms with Gasteiger partial charge in [0.2, 0.25) is 5.44 Å². The van der Waals surface area contributed by atoms with E-state index in [1.807, 2.05) is 84.9 Å². The molecule has 4 aromatic rings. The molecule has 0 aliphatic rings. The topological polar surface area (TPSA) is 29.1 Å². The van der Waals surface area contributed by atoms with E-state index in [-0.39, 0.29) is 10.4 Å². The zero-order chi connectivity index (χ0) is 23.8. The third kappa shape index (κ3) is 5.16. The smallest absolute Gasteiger partial charge is 0.250 e. The third-order valence-corrected chi connectivity index (χ3v) is 10.3. The van der Waals surface area contributed by atoms with Crippen molar-refractivity contribution in [2.75, 3.05) is 0 Å². The maximum atomic E-state index is 13.1. The van der Waals surface area contributed by atoms with Gasteiger partial charge in [0.15, 0.2) is 11.8 Å². The first-order valence-corrected chi connectivity index (χ1v) is 13.3. The van der Waals surface area contributed by atoms with Crippen molar-refractivity contribution in [1.29, 1.82) is 0 Å². The van der Waals surface area contributed by atoms with E-state index in [9.17, 15) is 4.79 Å². The van der Waals surface area contributed by atoms with Crippen LogP contribution in [0.15, 0.2) is 137 Å². The monoisotopic (exact) mass is 502 g/mol. The van der Waals surface area contributed by atoms with Gasteiger partial charge in [-0.1, -0.05) is 108 Å². The summed E-state index contributed by atoms with van der Waals surface area (Å²) in [6.45, 7) is 0. The molecule has 34 heavy (non-hydrogen) atoms. The lowest BCUT2D eigenvalue weighted by atomic mass is 10.2. The highest BCUT2D eigenvalue weighted by atomic mass is 35.5. The summed E-state index contributed by atoms with van der Waals surface area (Å²) in [7, 11) is -2.62. The normalized spacial score (nSPS) is 11.2. The second-order valence-corrected chi connectivity index (χ2v) is 11.8. The molecule has 1 N–H and O–H groups in total. The molecule has 0 spiro atoms. The van der Waals surface area contributed by atoms with Crippen LogP contribution in [0.2, 0.25) is 0 Å². The average Bonchev–Trinajstić information content (AvgIpc) is 2.90. The van der Waals surface area contributed by atoms with Crippen LogP contribution in [0.3, 0.4) is 0 Å². The molecule has 0 bridgehead atoms. The Morgan fingerprint density at radius 3 is 1.38 bits per heavy atom. The van der Waals surface area contributed by atoms with Crippen LogP contribution >= 0.6 is 30.5 Å². The van der Waals surface area contributed by atoms with Crippen LogP contribution in [0.5, 0.6) is 0 Å². The van der Waals surface area contributed by atoms with Crippen molar-refractivity contribution in [3.05, 3.63) is 143 Å². The largest absolute Gasteiger partial charge is 0.290 e. The van der Waals surface area contributed by atoms with Crippen LogP contribution in [0, 0.1) is 0 Å². The van der Waals surface area contributed by atoms with Gasteiger partial charge in [0.05, 0.1) is 0 Å². The number of nitrogens with one attached hydrogen (secondary N) is 1. The van der Waals surface area contributed by atoms with Crippen LogP contribution in [0.25, 0.3) is 6.08 Å². The van der Waals surface area contributed by atoms with Gasteiger partial charge in [-0.25, -0.2) is 0 Å². The van der Waals surface area contributed by atoms with Crippen LogP contribution in [0.1, 0.15) is 5.56 Å². The Kier molecular flexibility index (Phi) is 7.98. The summed E-state index contributed by atoms with van der Waals surface area (Å²) in [6, 6.07) is 39.9. The quantitative estimate of drug-likeness (QED) is 0.229. The number of hydrogen-bond acceptors (Lipinski definition) is 1. The van der Waals surface area contributed by atoms with Crippen molar-refractivity contribution in [3.8, 4) is 0 Å². The SMILES string of the molecule is O=C(/C=C\c1ccccc1)NC(=C(Cl)Cl)[P+](c1ccccc1)(c1ccccc1)c1ccccc1. The van der Waals surface area contributed by atoms with Gasteiger partial charge >= 0.3 is 0 Å². The maximum Gasteiger partial charge on any atom is 0.250 e. The summed E-state index contributed by atoms with van der Waals surface area (Å²) in [5.74, 6) is -0.301. The fourth-order valence-electron chi connectivity index (χ4n) is 3.94. The number of carbonyl (C=O) groups excluding carboxylic acids is 1. The molecule has 0 aromatic heterocycles. The number of halogens is 2. The van der Waals surface area contributed by atoms with Gasteiger partial charge < -0.3 is 0 Å². The Labute approximate surface area is 210 Å². The van der Waals surface area contributed by atoms with Crippen molar-refractivity contribution in [2.24, 2.45) is 0 Å². The third-order valence-electron chi connectivity index (χ3n) is 5.41. The predicted molar refractivity (Wildman–Crippen MR) is 147 cm³/mol. The van der Waals surface area contributed by atoms with E-state index in [1.165, 1.54) is 6.08 Å². The molecule has 0 atom stereocenters. The summed E-state index contributed by atoms with van der Waals surface area (Å²) >= 11 is 13.1. The highest BCUT2D eigenvalue weighted by Crippen LogP contribution is 2.62. The fourth-order valence-corrected chi connectivity index (χ4v) is 8.86. The first kappa shape index (κ1) is 24.0. The van der Waals surface area contributed by atoms with E-state index in [0.29, 0.717) is 5.44 Å². The Bertz CT molecular complexity index is 1190. The van der Waals surface area contributed by atoms with Gasteiger partial charge in [-0.15, -0.1) is 0 Å². The molecule has 4 rings (SSSR count). The summed E-state index contributed by atoms with van der Waals surface area (Å²) in [4.78, 5) is 13.1. The Hall–Kier alpha value is -3.16. The maximum absolute atomic E-state index is 13.1. The Morgan fingerprint density at radius 2 is 1.00 bits per heavy atom. The number of benzene rings is 4. The number of amides is 1. The van der Waals surface area contributed by atoms with Crippen molar-refractivity contribution < 1.29 is 4.79 Å².